The number of rotatable bonds is 16. The number of ether oxygens (including phenoxy) is 1. The highest BCUT2D eigenvalue weighted by molar-refractivity contribution is 7.98. The molecule has 0 fully saturated rings. The first kappa shape index (κ1) is 29.2. The summed E-state index contributed by atoms with van der Waals surface area (Å²) in [6, 6.07) is 4.65. The van der Waals surface area contributed by atoms with Gasteiger partial charge in [0.05, 0.1) is 6.54 Å². The normalized spacial score (nSPS) is 11.9. The van der Waals surface area contributed by atoms with Gasteiger partial charge in [-0.05, 0) is 43.4 Å². The van der Waals surface area contributed by atoms with E-state index in [-0.39, 0.29) is 38.3 Å². The van der Waals surface area contributed by atoms with E-state index in [0.717, 1.165) is 4.90 Å². The minimum absolute atomic E-state index is 0.00706. The molecule has 0 aliphatic carbocycles. The van der Waals surface area contributed by atoms with Gasteiger partial charge in [0.2, 0.25) is 5.91 Å². The summed E-state index contributed by atoms with van der Waals surface area (Å²) in [4.78, 5) is 69.5. The number of amides is 4. The molecule has 35 heavy (non-hydrogen) atoms. The van der Waals surface area contributed by atoms with Gasteiger partial charge in [0.15, 0.2) is 6.23 Å². The second-order valence-corrected chi connectivity index (χ2v) is 7.93. The Kier molecular flexibility index (Phi) is 13.3. The van der Waals surface area contributed by atoms with Gasteiger partial charge in [-0.1, -0.05) is 0 Å². The minimum Gasteiger partial charge on any atom is -0.481 e. The van der Waals surface area contributed by atoms with Crippen LogP contribution in [0.1, 0.15) is 36.0 Å². The van der Waals surface area contributed by atoms with Crippen LogP contribution in [0.4, 0.5) is 4.79 Å². The number of carboxylic acids is 2. The molecule has 6 N–H and O–H groups in total. The van der Waals surface area contributed by atoms with E-state index in [1.54, 1.807) is 23.9 Å². The van der Waals surface area contributed by atoms with Crippen molar-refractivity contribution in [3.05, 3.63) is 29.8 Å². The predicted molar refractivity (Wildman–Crippen MR) is 124 cm³/mol. The number of nitrogens with one attached hydrogen (secondary N) is 4. The van der Waals surface area contributed by atoms with Crippen molar-refractivity contribution in [2.45, 2.75) is 42.8 Å². The second kappa shape index (κ2) is 15.9. The Balaban J connectivity index is 2.39. The quantitative estimate of drug-likeness (QED) is 0.0766. The summed E-state index contributed by atoms with van der Waals surface area (Å²) in [6.07, 6.45) is 0.198. The molecule has 0 spiro atoms. The van der Waals surface area contributed by atoms with Crippen LogP contribution in [0.5, 0.6) is 0 Å². The summed E-state index contributed by atoms with van der Waals surface area (Å²) in [5.74, 6) is -3.43. The summed E-state index contributed by atoms with van der Waals surface area (Å²) >= 11 is 1.56. The third-order valence-corrected chi connectivity index (χ3v) is 5.20. The number of urea groups is 1. The number of carbonyl (C=O) groups excluding carboxylic acids is 4. The van der Waals surface area contributed by atoms with Gasteiger partial charge in [-0.15, -0.1) is 11.8 Å². The topological polar surface area (TPSA) is 200 Å². The Morgan fingerprint density at radius 1 is 1.03 bits per heavy atom. The van der Waals surface area contributed by atoms with Crippen molar-refractivity contribution in [1.29, 1.82) is 0 Å². The molecule has 0 bridgehead atoms. The average Bonchev–Trinajstić information content (AvgIpc) is 2.82. The van der Waals surface area contributed by atoms with Crippen LogP contribution in [0.3, 0.4) is 0 Å². The number of aliphatic carboxylic acids is 2. The molecule has 0 heterocycles. The number of thioether (sulfide) groups is 1. The number of hydrogen-bond acceptors (Lipinski definition) is 8. The zero-order valence-electron chi connectivity index (χ0n) is 18.9. The molecule has 4 amide bonds. The third kappa shape index (κ3) is 12.3. The lowest BCUT2D eigenvalue weighted by molar-refractivity contribution is -0.141. The Hall–Kier alpha value is -3.81. The van der Waals surface area contributed by atoms with Crippen LogP contribution in [0.15, 0.2) is 29.2 Å². The van der Waals surface area contributed by atoms with Crippen molar-refractivity contribution in [3.63, 3.8) is 0 Å². The Morgan fingerprint density at radius 2 is 1.71 bits per heavy atom. The molecule has 0 saturated heterocycles. The summed E-state index contributed by atoms with van der Waals surface area (Å²) in [6.45, 7) is -0.0757. The number of hydrogen-bond donors (Lipinski definition) is 6. The molecule has 14 heteroatoms. The second-order valence-electron chi connectivity index (χ2n) is 7.05. The van der Waals surface area contributed by atoms with Gasteiger partial charge in [-0.25, -0.2) is 9.59 Å². The van der Waals surface area contributed by atoms with Gasteiger partial charge in [-0.2, -0.15) is 0 Å². The van der Waals surface area contributed by atoms with Crippen molar-refractivity contribution in [2.24, 2.45) is 0 Å². The van der Waals surface area contributed by atoms with E-state index in [9.17, 15) is 28.8 Å². The zero-order valence-corrected chi connectivity index (χ0v) is 19.8. The SMILES string of the molecule is CSc1ccc(C(=O)NCCCC(=O)N[C@H](CNC(=O)N[C@@H](CCC(=O)O)C(=O)O)OC=O)cc1. The van der Waals surface area contributed by atoms with Crippen LogP contribution in [-0.2, 0) is 23.9 Å². The summed E-state index contributed by atoms with van der Waals surface area (Å²) < 4.78 is 4.70. The molecule has 0 aliphatic heterocycles. The van der Waals surface area contributed by atoms with Crippen LogP contribution >= 0.6 is 11.8 Å². The smallest absolute Gasteiger partial charge is 0.326 e. The van der Waals surface area contributed by atoms with Gasteiger partial charge in [-0.3, -0.25) is 19.2 Å². The molecule has 13 nitrogen and oxygen atoms in total. The molecule has 1 aromatic rings. The van der Waals surface area contributed by atoms with Gasteiger partial charge in [0, 0.05) is 29.8 Å². The molecule has 1 aromatic carbocycles. The van der Waals surface area contributed by atoms with E-state index in [1.807, 2.05) is 18.4 Å². The lowest BCUT2D eigenvalue weighted by Gasteiger charge is -2.19. The number of carboxylic acid groups (broad SMARTS) is 2. The van der Waals surface area contributed by atoms with Crippen LogP contribution < -0.4 is 21.3 Å². The molecule has 2 atom stereocenters. The van der Waals surface area contributed by atoms with Crippen molar-refractivity contribution in [1.82, 2.24) is 21.3 Å². The van der Waals surface area contributed by atoms with E-state index in [1.165, 1.54) is 0 Å². The molecular formula is C21H28N4O9S. The fourth-order valence-corrected chi connectivity index (χ4v) is 3.08. The highest BCUT2D eigenvalue weighted by atomic mass is 32.2. The van der Waals surface area contributed by atoms with Crippen LogP contribution in [0, 0.1) is 0 Å². The monoisotopic (exact) mass is 512 g/mol. The number of carbonyl (C=O) groups is 6. The fourth-order valence-electron chi connectivity index (χ4n) is 2.67. The molecule has 0 radical (unpaired) electrons. The standard InChI is InChI=1S/C21H28N4O9S/c1-35-14-6-4-13(5-7-14)19(30)22-10-2-3-16(27)25-17(34-12-26)11-23-21(33)24-15(20(31)32)8-9-18(28)29/h4-7,12,15,17H,2-3,8-11H2,1H3,(H,22,30)(H,25,27)(H,28,29)(H,31,32)(H2,23,24,33)/t15-,17-/m0/s1. The first-order chi connectivity index (χ1) is 16.7. The van der Waals surface area contributed by atoms with Gasteiger partial charge in [0.1, 0.15) is 6.04 Å². The van der Waals surface area contributed by atoms with Gasteiger partial charge >= 0.3 is 18.0 Å². The van der Waals surface area contributed by atoms with Crippen molar-refractivity contribution in [2.75, 3.05) is 19.3 Å². The highest BCUT2D eigenvalue weighted by Crippen LogP contribution is 2.14. The largest absolute Gasteiger partial charge is 0.481 e. The van der Waals surface area contributed by atoms with Crippen LogP contribution in [0.2, 0.25) is 0 Å². The third-order valence-electron chi connectivity index (χ3n) is 4.46. The van der Waals surface area contributed by atoms with Crippen LogP contribution in [0.25, 0.3) is 0 Å². The van der Waals surface area contributed by atoms with E-state index >= 15 is 0 Å². The van der Waals surface area contributed by atoms with Crippen molar-refractivity contribution >= 4 is 48.0 Å². The maximum atomic E-state index is 12.1. The fraction of sp³-hybridized carbons (Fsp3) is 0.429. The summed E-state index contributed by atoms with van der Waals surface area (Å²) in [5, 5.41) is 27.1. The zero-order chi connectivity index (χ0) is 26.2. The first-order valence-corrected chi connectivity index (χ1v) is 11.7. The molecule has 0 aliphatic rings. The van der Waals surface area contributed by atoms with Crippen LogP contribution in [-0.4, -0.2) is 78.1 Å². The lowest BCUT2D eigenvalue weighted by Crippen LogP contribution is -2.51. The van der Waals surface area contributed by atoms with Gasteiger partial charge in [0.25, 0.3) is 12.4 Å². The lowest BCUT2D eigenvalue weighted by atomic mass is 10.1. The highest BCUT2D eigenvalue weighted by Gasteiger charge is 2.22. The molecule has 192 valence electrons. The average molecular weight is 513 g/mol. The Labute approximate surface area is 205 Å². The molecule has 0 aromatic heterocycles. The Bertz CT molecular complexity index is 895. The van der Waals surface area contributed by atoms with Crippen molar-refractivity contribution in [3.8, 4) is 0 Å². The van der Waals surface area contributed by atoms with E-state index in [4.69, 9.17) is 14.9 Å². The summed E-state index contributed by atoms with van der Waals surface area (Å²) in [7, 11) is 0. The minimum atomic E-state index is -1.44. The molecule has 0 saturated carbocycles. The summed E-state index contributed by atoms with van der Waals surface area (Å²) in [5.41, 5.74) is 0.490. The predicted octanol–water partition coefficient (Wildman–Crippen LogP) is 0.151. The first-order valence-electron chi connectivity index (χ1n) is 10.5. The molecule has 1 rings (SSSR count). The molecule has 0 unspecified atom stereocenters. The maximum absolute atomic E-state index is 12.1. The van der Waals surface area contributed by atoms with Gasteiger partial charge < -0.3 is 36.2 Å². The molecular weight excluding hydrogens is 484 g/mol. The Morgan fingerprint density at radius 3 is 2.29 bits per heavy atom. The van der Waals surface area contributed by atoms with Crippen molar-refractivity contribution < 1.29 is 43.7 Å². The number of benzene rings is 1. The van der Waals surface area contributed by atoms with E-state index < -0.39 is 42.6 Å². The van der Waals surface area contributed by atoms with E-state index in [2.05, 4.69) is 21.3 Å². The maximum Gasteiger partial charge on any atom is 0.326 e. The van der Waals surface area contributed by atoms with E-state index in [0.29, 0.717) is 12.0 Å².